The highest BCUT2D eigenvalue weighted by Crippen LogP contribution is 2.41. The molecule has 166 valence electrons. The summed E-state index contributed by atoms with van der Waals surface area (Å²) in [5, 5.41) is 10.6. The van der Waals surface area contributed by atoms with Gasteiger partial charge in [-0.25, -0.2) is 0 Å². The number of hydrogen-bond donors (Lipinski definition) is 1. The maximum absolute atomic E-state index is 13.0. The highest BCUT2D eigenvalue weighted by Gasteiger charge is 2.43. The number of ether oxygens (including phenoxy) is 2. The molecule has 1 unspecified atom stereocenters. The van der Waals surface area contributed by atoms with Crippen LogP contribution >= 0.6 is 0 Å². The third-order valence-corrected chi connectivity index (χ3v) is 4.85. The third kappa shape index (κ3) is 5.33. The summed E-state index contributed by atoms with van der Waals surface area (Å²) < 4.78 is 11.3. The molecule has 0 aliphatic carbocycles. The molecule has 7 heteroatoms. The lowest BCUT2D eigenvalue weighted by Crippen LogP contribution is -2.36. The van der Waals surface area contributed by atoms with Crippen molar-refractivity contribution in [1.82, 2.24) is 9.80 Å². The van der Waals surface area contributed by atoms with E-state index in [1.807, 2.05) is 52.8 Å². The van der Waals surface area contributed by atoms with Crippen LogP contribution in [0.3, 0.4) is 0 Å². The number of rotatable bonds is 10. The van der Waals surface area contributed by atoms with Gasteiger partial charge in [0.2, 0.25) is 0 Å². The predicted molar refractivity (Wildman–Crippen MR) is 116 cm³/mol. The Kier molecular flexibility index (Phi) is 7.89. The minimum Gasteiger partial charge on any atom is -0.503 e. The molecule has 0 saturated heterocycles. The first kappa shape index (κ1) is 23.7. The Morgan fingerprint density at radius 3 is 2.40 bits per heavy atom. The smallest absolute Gasteiger partial charge is 0.290 e. The molecule has 1 heterocycles. The van der Waals surface area contributed by atoms with Crippen molar-refractivity contribution in [3.8, 4) is 11.5 Å². The lowest BCUT2D eigenvalue weighted by molar-refractivity contribution is -0.129. The predicted octanol–water partition coefficient (Wildman–Crippen LogP) is 3.35. The maximum atomic E-state index is 13.0. The molecule has 1 aromatic carbocycles. The number of nitrogens with zero attached hydrogens (tertiary/aromatic N) is 2. The Morgan fingerprint density at radius 1 is 1.20 bits per heavy atom. The zero-order chi connectivity index (χ0) is 22.6. The highest BCUT2D eigenvalue weighted by molar-refractivity contribution is 6.09. The van der Waals surface area contributed by atoms with Gasteiger partial charge >= 0.3 is 0 Å². The first-order valence-electron chi connectivity index (χ1n) is 10.3. The second-order valence-electron chi connectivity index (χ2n) is 8.56. The van der Waals surface area contributed by atoms with Gasteiger partial charge in [0, 0.05) is 19.5 Å². The zero-order valence-electron chi connectivity index (χ0n) is 19.1. The van der Waals surface area contributed by atoms with Gasteiger partial charge in [-0.15, -0.1) is 0 Å². The molecule has 1 N–H and O–H groups in total. The Morgan fingerprint density at radius 2 is 1.87 bits per heavy atom. The van der Waals surface area contributed by atoms with Gasteiger partial charge in [0.25, 0.3) is 5.91 Å². The number of ketones is 1. The van der Waals surface area contributed by atoms with Gasteiger partial charge in [-0.3, -0.25) is 9.59 Å². The molecule has 0 radical (unpaired) electrons. The van der Waals surface area contributed by atoms with Crippen LogP contribution in [-0.2, 0) is 9.59 Å². The summed E-state index contributed by atoms with van der Waals surface area (Å²) in [7, 11) is 5.37. The number of aliphatic hydroxyl groups is 1. The molecule has 0 bridgehead atoms. The average Bonchev–Trinajstić information content (AvgIpc) is 2.90. The summed E-state index contributed by atoms with van der Waals surface area (Å²) in [4.78, 5) is 29.4. The molecule has 0 saturated carbocycles. The van der Waals surface area contributed by atoms with Crippen molar-refractivity contribution < 1.29 is 24.2 Å². The molecule has 1 amide bonds. The Hall–Kier alpha value is -2.54. The fraction of sp³-hybridized carbons (Fsp3) is 0.565. The molecule has 1 aliphatic rings. The molecule has 2 rings (SSSR count). The second-order valence-corrected chi connectivity index (χ2v) is 8.56. The maximum Gasteiger partial charge on any atom is 0.290 e. The van der Waals surface area contributed by atoms with Crippen molar-refractivity contribution >= 4 is 11.7 Å². The van der Waals surface area contributed by atoms with E-state index >= 15 is 0 Å². The summed E-state index contributed by atoms with van der Waals surface area (Å²) >= 11 is 0. The minimum absolute atomic E-state index is 0.0264. The molecule has 1 aromatic rings. The molecule has 0 aromatic heterocycles. The van der Waals surface area contributed by atoms with Gasteiger partial charge in [-0.05, 0) is 51.6 Å². The van der Waals surface area contributed by atoms with E-state index in [2.05, 4.69) is 0 Å². The van der Waals surface area contributed by atoms with Crippen molar-refractivity contribution in [2.24, 2.45) is 5.92 Å². The Bertz CT molecular complexity index is 814. The molecule has 1 atom stereocenters. The van der Waals surface area contributed by atoms with Gasteiger partial charge in [0.05, 0.1) is 24.8 Å². The Labute approximate surface area is 179 Å². The number of carbonyl (C=O) groups excluding carboxylic acids is 2. The number of hydrogen-bond acceptors (Lipinski definition) is 6. The van der Waals surface area contributed by atoms with Crippen LogP contribution in [-0.4, -0.2) is 67.0 Å². The van der Waals surface area contributed by atoms with Gasteiger partial charge in [0.15, 0.2) is 23.0 Å². The number of amides is 1. The SMILES string of the molecule is COc1cc(C2C(C(=O)CC(C)C)=C(O)C(=O)N2CCN(C)C)ccc1OC(C)C. The van der Waals surface area contributed by atoms with Gasteiger partial charge in [-0.2, -0.15) is 0 Å². The lowest BCUT2D eigenvalue weighted by Gasteiger charge is -2.28. The number of Topliss-reactive ketones (excluding diaryl/α,β-unsaturated/α-hetero) is 1. The quantitative estimate of drug-likeness (QED) is 0.628. The standard InChI is InChI=1S/C23H34N2O5/c1-14(2)12-17(26)20-21(25(11-10-24(5)6)23(28)22(20)27)16-8-9-18(30-15(3)4)19(13-16)29-7/h8-9,13-15,21,27H,10-12H2,1-7H3. The van der Waals surface area contributed by atoms with E-state index < -0.39 is 17.7 Å². The number of likely N-dealkylation sites (N-methyl/N-ethyl adjacent to an activating group) is 1. The second kappa shape index (κ2) is 9.98. The van der Waals surface area contributed by atoms with Crippen LogP contribution in [0, 0.1) is 5.92 Å². The minimum atomic E-state index is -0.661. The van der Waals surface area contributed by atoms with Crippen LogP contribution in [0.2, 0.25) is 0 Å². The molecule has 0 spiro atoms. The normalized spacial score (nSPS) is 16.9. The van der Waals surface area contributed by atoms with E-state index in [-0.39, 0.29) is 29.8 Å². The van der Waals surface area contributed by atoms with E-state index in [4.69, 9.17) is 9.47 Å². The zero-order valence-corrected chi connectivity index (χ0v) is 19.1. The largest absolute Gasteiger partial charge is 0.503 e. The summed E-state index contributed by atoms with van der Waals surface area (Å²) in [6, 6.07) is 4.72. The first-order chi connectivity index (χ1) is 14.1. The van der Waals surface area contributed by atoms with E-state index in [9.17, 15) is 14.7 Å². The van der Waals surface area contributed by atoms with Crippen molar-refractivity contribution in [2.75, 3.05) is 34.3 Å². The fourth-order valence-electron chi connectivity index (χ4n) is 3.51. The Balaban J connectivity index is 2.53. The molecule has 30 heavy (non-hydrogen) atoms. The van der Waals surface area contributed by atoms with Crippen molar-refractivity contribution in [3.63, 3.8) is 0 Å². The number of aliphatic hydroxyl groups excluding tert-OH is 1. The third-order valence-electron chi connectivity index (χ3n) is 4.85. The summed E-state index contributed by atoms with van der Waals surface area (Å²) in [6.45, 7) is 8.71. The van der Waals surface area contributed by atoms with Gasteiger partial charge < -0.3 is 24.4 Å². The van der Waals surface area contributed by atoms with E-state index in [1.54, 1.807) is 24.1 Å². The number of methoxy groups -OCH3 is 1. The highest BCUT2D eigenvalue weighted by atomic mass is 16.5. The summed E-state index contributed by atoms with van der Waals surface area (Å²) in [5.41, 5.74) is 0.859. The topological polar surface area (TPSA) is 79.3 Å². The van der Waals surface area contributed by atoms with Crippen LogP contribution < -0.4 is 9.47 Å². The van der Waals surface area contributed by atoms with E-state index in [0.29, 0.717) is 30.2 Å². The van der Waals surface area contributed by atoms with Crippen LogP contribution in [0.5, 0.6) is 11.5 Å². The molecular weight excluding hydrogens is 384 g/mol. The molecule has 7 nitrogen and oxygen atoms in total. The summed E-state index contributed by atoms with van der Waals surface area (Å²) in [6.07, 6.45) is 0.234. The number of carbonyl (C=O) groups is 2. The fourth-order valence-corrected chi connectivity index (χ4v) is 3.51. The molecular formula is C23H34N2O5. The van der Waals surface area contributed by atoms with Gasteiger partial charge in [-0.1, -0.05) is 19.9 Å². The van der Waals surface area contributed by atoms with Crippen molar-refractivity contribution in [3.05, 3.63) is 35.1 Å². The van der Waals surface area contributed by atoms with E-state index in [0.717, 1.165) is 0 Å². The average molecular weight is 419 g/mol. The summed E-state index contributed by atoms with van der Waals surface area (Å²) in [5.74, 6) is 0.0312. The van der Waals surface area contributed by atoms with Crippen molar-refractivity contribution in [1.29, 1.82) is 0 Å². The molecule has 1 aliphatic heterocycles. The van der Waals surface area contributed by atoms with Crippen LogP contribution in [0.25, 0.3) is 0 Å². The molecule has 0 fully saturated rings. The number of benzene rings is 1. The lowest BCUT2D eigenvalue weighted by atomic mass is 9.92. The van der Waals surface area contributed by atoms with Gasteiger partial charge in [0.1, 0.15) is 0 Å². The van der Waals surface area contributed by atoms with Crippen LogP contribution in [0.1, 0.15) is 45.7 Å². The van der Waals surface area contributed by atoms with Crippen LogP contribution in [0.15, 0.2) is 29.5 Å². The van der Waals surface area contributed by atoms with E-state index in [1.165, 1.54) is 0 Å². The van der Waals surface area contributed by atoms with Crippen molar-refractivity contribution in [2.45, 2.75) is 46.3 Å². The van der Waals surface area contributed by atoms with Crippen LogP contribution in [0.4, 0.5) is 0 Å². The first-order valence-corrected chi connectivity index (χ1v) is 10.3. The monoisotopic (exact) mass is 418 g/mol.